The normalized spacial score (nSPS) is 16.8. The van der Waals surface area contributed by atoms with Gasteiger partial charge in [0.15, 0.2) is 0 Å². The second kappa shape index (κ2) is 6.60. The Labute approximate surface area is 137 Å². The van der Waals surface area contributed by atoms with Gasteiger partial charge in [0.2, 0.25) is 5.91 Å². The number of carboxylic acids is 1. The zero-order valence-electron chi connectivity index (χ0n) is 14.0. The molecule has 0 unspecified atom stereocenters. The van der Waals surface area contributed by atoms with Crippen molar-refractivity contribution in [1.82, 2.24) is 5.32 Å². The first-order valence-electron chi connectivity index (χ1n) is 7.98. The Balaban J connectivity index is 2.19. The second-order valence-corrected chi connectivity index (χ2v) is 6.89. The third-order valence-electron chi connectivity index (χ3n) is 4.80. The maximum atomic E-state index is 12.9. The maximum Gasteiger partial charge on any atom is 0.310 e. The van der Waals surface area contributed by atoms with E-state index in [2.05, 4.69) is 5.32 Å². The van der Waals surface area contributed by atoms with Gasteiger partial charge in [0.25, 0.3) is 0 Å². The predicted octanol–water partition coefficient (Wildman–Crippen LogP) is 2.73. The molecule has 1 fully saturated rings. The summed E-state index contributed by atoms with van der Waals surface area (Å²) >= 11 is 0. The summed E-state index contributed by atoms with van der Waals surface area (Å²) in [6.07, 6.45) is 3.58. The van der Waals surface area contributed by atoms with Crippen LogP contribution in [0.1, 0.15) is 45.1 Å². The van der Waals surface area contributed by atoms with Crippen molar-refractivity contribution in [3.05, 3.63) is 29.8 Å². The summed E-state index contributed by atoms with van der Waals surface area (Å²) in [4.78, 5) is 24.1. The number of hydrogen-bond acceptors (Lipinski definition) is 3. The number of amides is 1. The van der Waals surface area contributed by atoms with Crippen LogP contribution in [-0.4, -0.2) is 30.6 Å². The largest absolute Gasteiger partial charge is 0.497 e. The molecule has 0 radical (unpaired) electrons. The first kappa shape index (κ1) is 17.3. The van der Waals surface area contributed by atoms with Gasteiger partial charge in [-0.05, 0) is 44.4 Å². The van der Waals surface area contributed by atoms with Crippen molar-refractivity contribution >= 4 is 11.9 Å². The summed E-state index contributed by atoms with van der Waals surface area (Å²) in [6.45, 7) is 3.35. The average Bonchev–Trinajstić information content (AvgIpc) is 3.03. The fourth-order valence-corrected chi connectivity index (χ4v) is 3.08. The van der Waals surface area contributed by atoms with E-state index in [-0.39, 0.29) is 12.5 Å². The minimum atomic E-state index is -0.977. The van der Waals surface area contributed by atoms with Crippen LogP contribution in [0.15, 0.2) is 24.3 Å². The topological polar surface area (TPSA) is 75.6 Å². The molecule has 0 aliphatic heterocycles. The van der Waals surface area contributed by atoms with Crippen molar-refractivity contribution in [3.63, 3.8) is 0 Å². The van der Waals surface area contributed by atoms with Crippen LogP contribution in [0.5, 0.6) is 5.75 Å². The number of ether oxygens (including phenoxy) is 1. The molecule has 1 aromatic carbocycles. The van der Waals surface area contributed by atoms with Crippen LogP contribution in [0.4, 0.5) is 0 Å². The number of hydrogen-bond donors (Lipinski definition) is 2. The van der Waals surface area contributed by atoms with Crippen LogP contribution >= 0.6 is 0 Å². The molecule has 1 saturated carbocycles. The van der Waals surface area contributed by atoms with Gasteiger partial charge in [-0.2, -0.15) is 0 Å². The molecule has 0 spiro atoms. The van der Waals surface area contributed by atoms with Gasteiger partial charge in [0, 0.05) is 6.54 Å². The molecule has 126 valence electrons. The van der Waals surface area contributed by atoms with Crippen LogP contribution < -0.4 is 10.1 Å². The Morgan fingerprint density at radius 2 is 1.78 bits per heavy atom. The Kier molecular flexibility index (Phi) is 4.97. The number of nitrogens with one attached hydrogen (secondary N) is 1. The Morgan fingerprint density at radius 3 is 2.26 bits per heavy atom. The van der Waals surface area contributed by atoms with E-state index in [9.17, 15) is 14.7 Å². The molecule has 23 heavy (non-hydrogen) atoms. The molecule has 0 atom stereocenters. The number of benzene rings is 1. The molecule has 1 aromatic rings. The molecule has 0 saturated heterocycles. The molecule has 1 aliphatic carbocycles. The number of carboxylic acid groups (broad SMARTS) is 1. The molecule has 0 aromatic heterocycles. The third kappa shape index (κ3) is 3.49. The summed E-state index contributed by atoms with van der Waals surface area (Å²) in [6, 6.07) is 7.60. The number of methoxy groups -OCH3 is 1. The molecule has 5 heteroatoms. The summed E-state index contributed by atoms with van der Waals surface area (Å²) in [7, 11) is 1.61. The number of carbonyl (C=O) groups excluding carboxylic acids is 1. The standard InChI is InChI=1S/C18H25NO4/c1-17(2,16(21)22)12-19-15(20)18(10-4-5-11-18)13-6-8-14(23-3)9-7-13/h6-9H,4-5,10-12H2,1-3H3,(H,19,20)(H,21,22). The van der Waals surface area contributed by atoms with Gasteiger partial charge in [-0.25, -0.2) is 0 Å². The van der Waals surface area contributed by atoms with Gasteiger partial charge < -0.3 is 15.2 Å². The number of carbonyl (C=O) groups is 2. The van der Waals surface area contributed by atoms with E-state index in [4.69, 9.17) is 4.74 Å². The third-order valence-corrected chi connectivity index (χ3v) is 4.80. The minimum Gasteiger partial charge on any atom is -0.497 e. The van der Waals surface area contributed by atoms with Gasteiger partial charge in [-0.1, -0.05) is 25.0 Å². The van der Waals surface area contributed by atoms with E-state index in [1.165, 1.54) is 0 Å². The quantitative estimate of drug-likeness (QED) is 0.845. The fourth-order valence-electron chi connectivity index (χ4n) is 3.08. The van der Waals surface area contributed by atoms with Crippen LogP contribution in [0.2, 0.25) is 0 Å². The van der Waals surface area contributed by atoms with Crippen molar-refractivity contribution in [2.45, 2.75) is 44.9 Å². The van der Waals surface area contributed by atoms with Crippen LogP contribution in [-0.2, 0) is 15.0 Å². The lowest BCUT2D eigenvalue weighted by molar-refractivity contribution is -0.147. The van der Waals surface area contributed by atoms with E-state index < -0.39 is 16.8 Å². The predicted molar refractivity (Wildman–Crippen MR) is 87.6 cm³/mol. The Morgan fingerprint density at radius 1 is 1.22 bits per heavy atom. The SMILES string of the molecule is COc1ccc(C2(C(=O)NCC(C)(C)C(=O)O)CCCC2)cc1. The first-order valence-corrected chi connectivity index (χ1v) is 7.98. The van der Waals surface area contributed by atoms with Crippen LogP contribution in [0.25, 0.3) is 0 Å². The van der Waals surface area contributed by atoms with Gasteiger partial charge in [-0.15, -0.1) is 0 Å². The van der Waals surface area contributed by atoms with Gasteiger partial charge in [0.1, 0.15) is 5.75 Å². The lowest BCUT2D eigenvalue weighted by Crippen LogP contribution is -2.47. The highest BCUT2D eigenvalue weighted by atomic mass is 16.5. The van der Waals surface area contributed by atoms with Crippen molar-refractivity contribution in [2.75, 3.05) is 13.7 Å². The lowest BCUT2D eigenvalue weighted by atomic mass is 9.77. The Bertz CT molecular complexity index is 571. The molecule has 5 nitrogen and oxygen atoms in total. The van der Waals surface area contributed by atoms with E-state index >= 15 is 0 Å². The second-order valence-electron chi connectivity index (χ2n) is 6.89. The minimum absolute atomic E-state index is 0.0745. The van der Waals surface area contributed by atoms with E-state index in [0.29, 0.717) is 0 Å². The monoisotopic (exact) mass is 319 g/mol. The Hall–Kier alpha value is -2.04. The van der Waals surface area contributed by atoms with Gasteiger partial charge in [-0.3, -0.25) is 9.59 Å². The van der Waals surface area contributed by atoms with Gasteiger partial charge >= 0.3 is 5.97 Å². The van der Waals surface area contributed by atoms with E-state index in [0.717, 1.165) is 37.0 Å². The van der Waals surface area contributed by atoms with Crippen molar-refractivity contribution in [3.8, 4) is 5.75 Å². The van der Waals surface area contributed by atoms with Crippen LogP contribution in [0, 0.1) is 5.41 Å². The highest BCUT2D eigenvalue weighted by molar-refractivity contribution is 5.89. The van der Waals surface area contributed by atoms with Crippen molar-refractivity contribution < 1.29 is 19.4 Å². The fraction of sp³-hybridized carbons (Fsp3) is 0.556. The van der Waals surface area contributed by atoms with E-state index in [1.54, 1.807) is 21.0 Å². The molecule has 0 bridgehead atoms. The highest BCUT2D eigenvalue weighted by Crippen LogP contribution is 2.42. The lowest BCUT2D eigenvalue weighted by Gasteiger charge is -2.30. The van der Waals surface area contributed by atoms with Crippen LogP contribution in [0.3, 0.4) is 0 Å². The molecule has 1 amide bonds. The molecule has 1 aliphatic rings. The number of rotatable bonds is 6. The molecule has 0 heterocycles. The zero-order chi connectivity index (χ0) is 17.1. The molecular formula is C18H25NO4. The maximum absolute atomic E-state index is 12.9. The zero-order valence-corrected chi connectivity index (χ0v) is 14.0. The summed E-state index contributed by atoms with van der Waals surface area (Å²) in [5, 5.41) is 12.1. The molecular weight excluding hydrogens is 294 g/mol. The van der Waals surface area contributed by atoms with Crippen molar-refractivity contribution in [1.29, 1.82) is 0 Å². The van der Waals surface area contributed by atoms with Crippen molar-refractivity contribution in [2.24, 2.45) is 5.41 Å². The summed E-state index contributed by atoms with van der Waals surface area (Å²) < 4.78 is 5.18. The molecule has 2 N–H and O–H groups in total. The van der Waals surface area contributed by atoms with Gasteiger partial charge in [0.05, 0.1) is 17.9 Å². The average molecular weight is 319 g/mol. The first-order chi connectivity index (χ1) is 10.8. The summed E-state index contributed by atoms with van der Waals surface area (Å²) in [5.41, 5.74) is -0.558. The smallest absolute Gasteiger partial charge is 0.310 e. The number of aliphatic carboxylic acids is 1. The molecule has 2 rings (SSSR count). The highest BCUT2D eigenvalue weighted by Gasteiger charge is 2.43. The summed E-state index contributed by atoms with van der Waals surface area (Å²) in [5.74, 6) is -0.230. The van der Waals surface area contributed by atoms with E-state index in [1.807, 2.05) is 24.3 Å².